The summed E-state index contributed by atoms with van der Waals surface area (Å²) in [5.41, 5.74) is -0.459. The Morgan fingerprint density at radius 3 is 3.00 bits per heavy atom. The molecule has 0 aliphatic carbocycles. The monoisotopic (exact) mass is 315 g/mol. The van der Waals surface area contributed by atoms with Gasteiger partial charge in [0.1, 0.15) is 16.0 Å². The third kappa shape index (κ3) is 3.25. The summed E-state index contributed by atoms with van der Waals surface area (Å²) in [5, 5.41) is 2.90. The number of hydrogen-bond acceptors (Lipinski definition) is 3. The predicted molar refractivity (Wildman–Crippen MR) is 71.4 cm³/mol. The molecular formula is C12H18BrN3O2. The number of imidazole rings is 1. The second kappa shape index (κ2) is 4.91. The quantitative estimate of drug-likeness (QED) is 0.866. The smallest absolute Gasteiger partial charge is 0.407 e. The molecule has 1 aromatic rings. The van der Waals surface area contributed by atoms with E-state index in [0.29, 0.717) is 0 Å². The summed E-state index contributed by atoms with van der Waals surface area (Å²) in [7, 11) is 0. The molecule has 1 N–H and O–H groups in total. The zero-order valence-corrected chi connectivity index (χ0v) is 12.5. The van der Waals surface area contributed by atoms with E-state index in [-0.39, 0.29) is 12.1 Å². The molecule has 18 heavy (non-hydrogen) atoms. The number of carbonyl (C=O) groups is 1. The predicted octanol–water partition coefficient (Wildman–Crippen LogP) is 2.49. The molecule has 0 saturated carbocycles. The number of fused-ring (bicyclic) bond motifs is 1. The Hall–Kier alpha value is -1.04. The van der Waals surface area contributed by atoms with Gasteiger partial charge in [0.25, 0.3) is 0 Å². The Labute approximate surface area is 115 Å². The summed E-state index contributed by atoms with van der Waals surface area (Å²) >= 11 is 3.45. The van der Waals surface area contributed by atoms with Crippen molar-refractivity contribution in [3.63, 3.8) is 0 Å². The average molecular weight is 316 g/mol. The maximum absolute atomic E-state index is 11.7. The van der Waals surface area contributed by atoms with E-state index in [4.69, 9.17) is 4.74 Å². The lowest BCUT2D eigenvalue weighted by molar-refractivity contribution is 0.0492. The molecule has 1 unspecified atom stereocenters. The molecule has 1 atom stereocenters. The highest BCUT2D eigenvalue weighted by Gasteiger charge is 2.24. The Morgan fingerprint density at radius 1 is 1.61 bits per heavy atom. The summed E-state index contributed by atoms with van der Waals surface area (Å²) in [4.78, 5) is 16.0. The molecule has 1 amide bonds. The fourth-order valence-corrected chi connectivity index (χ4v) is 2.44. The zero-order chi connectivity index (χ0) is 13.3. The molecule has 5 nitrogen and oxygen atoms in total. The van der Waals surface area contributed by atoms with Gasteiger partial charge in [-0.05, 0) is 43.1 Å². The van der Waals surface area contributed by atoms with Crippen LogP contribution in [0.15, 0.2) is 10.8 Å². The van der Waals surface area contributed by atoms with Gasteiger partial charge in [0.2, 0.25) is 0 Å². The summed E-state index contributed by atoms with van der Waals surface area (Å²) in [6.45, 7) is 6.31. The summed E-state index contributed by atoms with van der Waals surface area (Å²) in [6, 6.07) is 0.0952. The van der Waals surface area contributed by atoms with Gasteiger partial charge in [-0.2, -0.15) is 0 Å². The first-order chi connectivity index (χ1) is 8.35. The third-order valence-corrected chi connectivity index (χ3v) is 3.36. The zero-order valence-electron chi connectivity index (χ0n) is 10.9. The van der Waals surface area contributed by atoms with Crippen LogP contribution in [0.25, 0.3) is 0 Å². The Bertz CT molecular complexity index is 451. The molecule has 0 radical (unpaired) electrons. The molecule has 2 rings (SSSR count). The van der Waals surface area contributed by atoms with Crippen LogP contribution in [0, 0.1) is 0 Å². The lowest BCUT2D eigenvalue weighted by Crippen LogP contribution is -2.43. The van der Waals surface area contributed by atoms with E-state index in [0.717, 1.165) is 29.8 Å². The highest BCUT2D eigenvalue weighted by Crippen LogP contribution is 2.20. The summed E-state index contributed by atoms with van der Waals surface area (Å²) in [5.74, 6) is 1.06. The molecule has 0 bridgehead atoms. The van der Waals surface area contributed by atoms with Gasteiger partial charge in [-0.1, -0.05) is 0 Å². The molecule has 1 aliphatic rings. The van der Waals surface area contributed by atoms with Crippen molar-refractivity contribution in [2.45, 2.75) is 51.8 Å². The van der Waals surface area contributed by atoms with Gasteiger partial charge in [-0.15, -0.1) is 0 Å². The second-order valence-corrected chi connectivity index (χ2v) is 6.30. The van der Waals surface area contributed by atoms with Crippen molar-refractivity contribution >= 4 is 22.0 Å². The lowest BCUT2D eigenvalue weighted by atomic mass is 10.1. The number of rotatable bonds is 1. The first-order valence-electron chi connectivity index (χ1n) is 6.04. The Morgan fingerprint density at radius 2 is 2.33 bits per heavy atom. The Balaban J connectivity index is 1.94. The number of alkyl carbamates (subject to hydrolysis) is 1. The van der Waals surface area contributed by atoms with Crippen molar-refractivity contribution < 1.29 is 9.53 Å². The topological polar surface area (TPSA) is 56.1 Å². The van der Waals surface area contributed by atoms with Crippen molar-refractivity contribution in [1.82, 2.24) is 14.9 Å². The molecule has 6 heteroatoms. The molecule has 100 valence electrons. The van der Waals surface area contributed by atoms with E-state index in [9.17, 15) is 4.79 Å². The molecular weight excluding hydrogens is 298 g/mol. The van der Waals surface area contributed by atoms with Gasteiger partial charge < -0.3 is 14.6 Å². The van der Waals surface area contributed by atoms with Crippen LogP contribution in [-0.4, -0.2) is 27.3 Å². The molecule has 2 heterocycles. The van der Waals surface area contributed by atoms with E-state index < -0.39 is 5.60 Å². The van der Waals surface area contributed by atoms with E-state index >= 15 is 0 Å². The van der Waals surface area contributed by atoms with Crippen LogP contribution in [0.1, 0.15) is 33.0 Å². The van der Waals surface area contributed by atoms with Crippen molar-refractivity contribution in [1.29, 1.82) is 0 Å². The van der Waals surface area contributed by atoms with Crippen molar-refractivity contribution in [3.05, 3.63) is 16.6 Å². The lowest BCUT2D eigenvalue weighted by Gasteiger charge is -2.27. The van der Waals surface area contributed by atoms with Crippen LogP contribution in [0.4, 0.5) is 4.79 Å². The SMILES string of the molecule is CC(C)(C)OC(=O)NC1CCc2ncc(Br)n2C1. The number of halogens is 1. The largest absolute Gasteiger partial charge is 0.444 e. The van der Waals surface area contributed by atoms with Crippen molar-refractivity contribution in [3.8, 4) is 0 Å². The fraction of sp³-hybridized carbons (Fsp3) is 0.667. The van der Waals surface area contributed by atoms with Gasteiger partial charge in [0.15, 0.2) is 0 Å². The molecule has 1 aromatic heterocycles. The van der Waals surface area contributed by atoms with Gasteiger partial charge in [-0.3, -0.25) is 0 Å². The van der Waals surface area contributed by atoms with Gasteiger partial charge in [0, 0.05) is 13.0 Å². The highest BCUT2D eigenvalue weighted by atomic mass is 79.9. The van der Waals surface area contributed by atoms with Crippen molar-refractivity contribution in [2.75, 3.05) is 0 Å². The molecule has 0 saturated heterocycles. The molecule has 0 fully saturated rings. The van der Waals surface area contributed by atoms with Gasteiger partial charge >= 0.3 is 6.09 Å². The van der Waals surface area contributed by atoms with Crippen LogP contribution in [-0.2, 0) is 17.7 Å². The number of carbonyl (C=O) groups excluding carboxylic acids is 1. The fourth-order valence-electron chi connectivity index (χ4n) is 1.99. The van der Waals surface area contributed by atoms with Crippen LogP contribution in [0.5, 0.6) is 0 Å². The van der Waals surface area contributed by atoms with E-state index in [1.165, 1.54) is 0 Å². The minimum atomic E-state index is -0.459. The van der Waals surface area contributed by atoms with E-state index in [1.807, 2.05) is 20.8 Å². The number of nitrogens with one attached hydrogen (secondary N) is 1. The van der Waals surface area contributed by atoms with E-state index in [1.54, 1.807) is 6.20 Å². The van der Waals surface area contributed by atoms with Gasteiger partial charge in [-0.25, -0.2) is 9.78 Å². The first kappa shape index (κ1) is 13.4. The Kier molecular flexibility index (Phi) is 3.66. The highest BCUT2D eigenvalue weighted by molar-refractivity contribution is 9.10. The van der Waals surface area contributed by atoms with Crippen molar-refractivity contribution in [2.24, 2.45) is 0 Å². The minimum Gasteiger partial charge on any atom is -0.444 e. The maximum Gasteiger partial charge on any atom is 0.407 e. The summed E-state index contributed by atoms with van der Waals surface area (Å²) < 4.78 is 8.28. The average Bonchev–Trinajstić information content (AvgIpc) is 2.57. The van der Waals surface area contributed by atoms with E-state index in [2.05, 4.69) is 30.8 Å². The number of amides is 1. The van der Waals surface area contributed by atoms with Crippen LogP contribution >= 0.6 is 15.9 Å². The molecule has 1 aliphatic heterocycles. The number of ether oxygens (including phenoxy) is 1. The van der Waals surface area contributed by atoms with Crippen LogP contribution in [0.3, 0.4) is 0 Å². The van der Waals surface area contributed by atoms with Crippen LogP contribution in [0.2, 0.25) is 0 Å². The summed E-state index contributed by atoms with van der Waals surface area (Å²) in [6.07, 6.45) is 3.20. The number of aromatic nitrogens is 2. The third-order valence-electron chi connectivity index (χ3n) is 2.73. The first-order valence-corrected chi connectivity index (χ1v) is 6.84. The second-order valence-electron chi connectivity index (χ2n) is 5.49. The van der Waals surface area contributed by atoms with Gasteiger partial charge in [0.05, 0.1) is 12.2 Å². The molecule has 0 aromatic carbocycles. The minimum absolute atomic E-state index is 0.0952. The standard InChI is InChI=1S/C12H18BrN3O2/c1-12(2,3)18-11(17)15-8-4-5-10-14-6-9(13)16(10)7-8/h6,8H,4-5,7H2,1-3H3,(H,15,17). The maximum atomic E-state index is 11.7. The number of aryl methyl sites for hydroxylation is 1. The number of nitrogens with zero attached hydrogens (tertiary/aromatic N) is 2. The normalized spacial score (nSPS) is 19.2. The van der Waals surface area contributed by atoms with Crippen LogP contribution < -0.4 is 5.32 Å². The number of hydrogen-bond donors (Lipinski definition) is 1. The molecule has 0 spiro atoms.